The Balaban J connectivity index is 1.62. The van der Waals surface area contributed by atoms with E-state index in [0.717, 1.165) is 30.6 Å². The Hall–Kier alpha value is -0.650. The minimum Gasteiger partial charge on any atom is -0.171 e. The molecule has 0 amide bonds. The fourth-order valence-corrected chi connectivity index (χ4v) is 4.79. The zero-order valence-electron chi connectivity index (χ0n) is 15.8. The number of hydrogen-bond donors (Lipinski definition) is 0. The van der Waals surface area contributed by atoms with E-state index in [4.69, 9.17) is 0 Å². The van der Waals surface area contributed by atoms with Crippen LogP contribution in [0.25, 0.3) is 0 Å². The zero-order chi connectivity index (χ0) is 18.1. The smallest absolute Gasteiger partial charge is 0.171 e. The van der Waals surface area contributed by atoms with Crippen molar-refractivity contribution in [2.75, 3.05) is 0 Å². The first-order chi connectivity index (χ1) is 12.0. The lowest BCUT2D eigenvalue weighted by atomic mass is 9.69. The van der Waals surface area contributed by atoms with E-state index in [-0.39, 0.29) is 6.42 Å². The van der Waals surface area contributed by atoms with E-state index < -0.39 is 12.6 Å². The third kappa shape index (κ3) is 8.06. The van der Waals surface area contributed by atoms with Crippen LogP contribution < -0.4 is 0 Å². The van der Waals surface area contributed by atoms with Gasteiger partial charge in [-0.25, -0.2) is 0 Å². The molecule has 144 valence electrons. The molecule has 0 atom stereocenters. The molecule has 0 aromatic heterocycles. The van der Waals surface area contributed by atoms with Gasteiger partial charge in [0.2, 0.25) is 0 Å². The fourth-order valence-electron chi connectivity index (χ4n) is 4.79. The second kappa shape index (κ2) is 10.5. The SMILES string of the molecule is CCCCC[C@H]1CC[C@H](C2CCC(C#CCCC(F)(F)F)CC2)CC1. The first kappa shape index (κ1) is 20.7. The van der Waals surface area contributed by atoms with Gasteiger partial charge in [-0.15, -0.1) is 5.92 Å². The molecule has 0 aliphatic heterocycles. The quantitative estimate of drug-likeness (QED) is 0.341. The van der Waals surface area contributed by atoms with E-state index in [2.05, 4.69) is 18.8 Å². The van der Waals surface area contributed by atoms with Crippen molar-refractivity contribution in [3.05, 3.63) is 0 Å². The monoisotopic (exact) mass is 356 g/mol. The molecule has 0 aromatic rings. The van der Waals surface area contributed by atoms with Gasteiger partial charge < -0.3 is 0 Å². The molecular weight excluding hydrogens is 321 g/mol. The van der Waals surface area contributed by atoms with Crippen molar-refractivity contribution in [1.82, 2.24) is 0 Å². The van der Waals surface area contributed by atoms with Crippen LogP contribution in [-0.4, -0.2) is 6.18 Å². The maximum Gasteiger partial charge on any atom is 0.390 e. The molecule has 2 aliphatic carbocycles. The van der Waals surface area contributed by atoms with Gasteiger partial charge in [-0.3, -0.25) is 0 Å². The third-order valence-electron chi connectivity index (χ3n) is 6.39. The molecule has 2 rings (SSSR count). The summed E-state index contributed by atoms with van der Waals surface area (Å²) in [7, 11) is 0. The van der Waals surface area contributed by atoms with Crippen LogP contribution in [0.15, 0.2) is 0 Å². The number of rotatable bonds is 6. The maximum absolute atomic E-state index is 12.1. The zero-order valence-corrected chi connectivity index (χ0v) is 15.8. The normalized spacial score (nSPS) is 30.6. The van der Waals surface area contributed by atoms with Gasteiger partial charge in [0.05, 0.1) is 6.42 Å². The highest BCUT2D eigenvalue weighted by Gasteiger charge is 2.30. The third-order valence-corrected chi connectivity index (χ3v) is 6.39. The summed E-state index contributed by atoms with van der Waals surface area (Å²) in [4.78, 5) is 0. The molecule has 2 saturated carbocycles. The van der Waals surface area contributed by atoms with Gasteiger partial charge in [-0.1, -0.05) is 51.4 Å². The molecule has 0 N–H and O–H groups in total. The molecule has 0 heterocycles. The lowest BCUT2D eigenvalue weighted by Gasteiger charge is -2.37. The van der Waals surface area contributed by atoms with Gasteiger partial charge in [0.15, 0.2) is 0 Å². The van der Waals surface area contributed by atoms with Crippen molar-refractivity contribution in [2.24, 2.45) is 23.7 Å². The van der Waals surface area contributed by atoms with Crippen molar-refractivity contribution in [3.63, 3.8) is 0 Å². The Bertz CT molecular complexity index is 413. The molecule has 0 aromatic carbocycles. The van der Waals surface area contributed by atoms with E-state index in [1.54, 1.807) is 0 Å². The molecule has 0 radical (unpaired) electrons. The summed E-state index contributed by atoms with van der Waals surface area (Å²) in [6.45, 7) is 2.27. The van der Waals surface area contributed by atoms with Gasteiger partial charge >= 0.3 is 6.18 Å². The predicted molar refractivity (Wildman–Crippen MR) is 98.1 cm³/mol. The van der Waals surface area contributed by atoms with Crippen LogP contribution in [0.4, 0.5) is 13.2 Å². The topological polar surface area (TPSA) is 0 Å². The van der Waals surface area contributed by atoms with E-state index in [0.29, 0.717) is 5.92 Å². The van der Waals surface area contributed by atoms with Crippen LogP contribution in [0.2, 0.25) is 0 Å². The molecule has 0 spiro atoms. The second-order valence-corrected chi connectivity index (χ2v) is 8.32. The van der Waals surface area contributed by atoms with E-state index in [9.17, 15) is 13.2 Å². The van der Waals surface area contributed by atoms with Crippen LogP contribution in [0.5, 0.6) is 0 Å². The fraction of sp³-hybridized carbons (Fsp3) is 0.909. The summed E-state index contributed by atoms with van der Waals surface area (Å²) in [6, 6.07) is 0. The van der Waals surface area contributed by atoms with Gasteiger partial charge in [-0.05, 0) is 56.3 Å². The van der Waals surface area contributed by atoms with Crippen LogP contribution in [0, 0.1) is 35.5 Å². The number of hydrogen-bond acceptors (Lipinski definition) is 0. The number of halogens is 3. The van der Waals surface area contributed by atoms with Crippen molar-refractivity contribution in [3.8, 4) is 11.8 Å². The van der Waals surface area contributed by atoms with E-state index in [1.165, 1.54) is 64.2 Å². The summed E-state index contributed by atoms with van der Waals surface area (Å²) in [5.41, 5.74) is 0. The highest BCUT2D eigenvalue weighted by molar-refractivity contribution is 5.05. The Morgan fingerprint density at radius 3 is 2.00 bits per heavy atom. The molecule has 0 bridgehead atoms. The Labute approximate surface area is 152 Å². The number of unbranched alkanes of at least 4 members (excludes halogenated alkanes) is 2. The van der Waals surface area contributed by atoms with Crippen LogP contribution in [-0.2, 0) is 0 Å². The van der Waals surface area contributed by atoms with Crippen LogP contribution >= 0.6 is 0 Å². The first-order valence-corrected chi connectivity index (χ1v) is 10.5. The average molecular weight is 357 g/mol. The standard InChI is InChI=1S/C22H35F3/c1-2-3-4-7-18-9-13-20(14-10-18)21-15-11-19(12-16-21)8-5-6-17-22(23,24)25/h18-21H,2-4,6-7,9-17H2,1H3/t18-,19?,20-,21?. The van der Waals surface area contributed by atoms with Crippen molar-refractivity contribution < 1.29 is 13.2 Å². The van der Waals surface area contributed by atoms with E-state index in [1.807, 2.05) is 0 Å². The molecule has 0 unspecified atom stereocenters. The molecule has 3 heteroatoms. The summed E-state index contributed by atoms with van der Waals surface area (Å²) < 4.78 is 36.4. The molecule has 25 heavy (non-hydrogen) atoms. The molecule has 0 nitrogen and oxygen atoms in total. The van der Waals surface area contributed by atoms with Gasteiger partial charge in [0.25, 0.3) is 0 Å². The molecule has 0 saturated heterocycles. The minimum atomic E-state index is -4.07. The van der Waals surface area contributed by atoms with Gasteiger partial charge in [-0.2, -0.15) is 13.2 Å². The van der Waals surface area contributed by atoms with Crippen LogP contribution in [0.3, 0.4) is 0 Å². The minimum absolute atomic E-state index is 0.0362. The van der Waals surface area contributed by atoms with Crippen molar-refractivity contribution in [2.45, 2.75) is 103 Å². The first-order valence-electron chi connectivity index (χ1n) is 10.5. The molecular formula is C22H35F3. The lowest BCUT2D eigenvalue weighted by molar-refractivity contribution is -0.133. The lowest BCUT2D eigenvalue weighted by Crippen LogP contribution is -2.25. The van der Waals surface area contributed by atoms with Crippen molar-refractivity contribution >= 4 is 0 Å². The van der Waals surface area contributed by atoms with Gasteiger partial charge in [0.1, 0.15) is 0 Å². The summed E-state index contributed by atoms with van der Waals surface area (Å²) in [5.74, 6) is 8.94. The average Bonchev–Trinajstić information content (AvgIpc) is 2.59. The largest absolute Gasteiger partial charge is 0.390 e. The van der Waals surface area contributed by atoms with E-state index >= 15 is 0 Å². The molecule has 2 aliphatic rings. The Kier molecular flexibility index (Phi) is 8.67. The number of alkyl halides is 3. The van der Waals surface area contributed by atoms with Crippen molar-refractivity contribution in [1.29, 1.82) is 0 Å². The molecule has 2 fully saturated rings. The van der Waals surface area contributed by atoms with Gasteiger partial charge in [0, 0.05) is 12.3 Å². The Morgan fingerprint density at radius 1 is 0.840 bits per heavy atom. The summed E-state index contributed by atoms with van der Waals surface area (Å²) in [6.07, 6.45) is 11.0. The maximum atomic E-state index is 12.1. The Morgan fingerprint density at radius 2 is 1.44 bits per heavy atom. The highest BCUT2D eigenvalue weighted by atomic mass is 19.4. The summed E-state index contributed by atoms with van der Waals surface area (Å²) in [5, 5.41) is 0. The summed E-state index contributed by atoms with van der Waals surface area (Å²) >= 11 is 0. The highest BCUT2D eigenvalue weighted by Crippen LogP contribution is 2.42. The predicted octanol–water partition coefficient (Wildman–Crippen LogP) is 7.53. The second-order valence-electron chi connectivity index (χ2n) is 8.32. The van der Waals surface area contributed by atoms with Crippen LogP contribution in [0.1, 0.15) is 96.8 Å².